The van der Waals surface area contributed by atoms with E-state index in [0.717, 1.165) is 11.1 Å². The first kappa shape index (κ1) is 23.5. The summed E-state index contributed by atoms with van der Waals surface area (Å²) in [6.45, 7) is 2.38. The molecule has 1 amide bonds. The number of ketones is 1. The Hall–Kier alpha value is -4.19. The molecule has 5 rings (SSSR count). The van der Waals surface area contributed by atoms with Gasteiger partial charge in [0.15, 0.2) is 5.78 Å². The Bertz CT molecular complexity index is 1360. The Morgan fingerprint density at radius 3 is 2.44 bits per heavy atom. The fraction of sp³-hybridized carbons (Fsp3) is 0.233. The molecule has 6 heteroatoms. The molecule has 36 heavy (non-hydrogen) atoms. The van der Waals surface area contributed by atoms with E-state index in [4.69, 9.17) is 4.74 Å². The molecular weight excluding hydrogens is 454 g/mol. The van der Waals surface area contributed by atoms with Crippen LogP contribution in [0.1, 0.15) is 59.5 Å². The predicted molar refractivity (Wildman–Crippen MR) is 136 cm³/mol. The van der Waals surface area contributed by atoms with E-state index in [1.165, 1.54) is 12.1 Å². The quantitative estimate of drug-likeness (QED) is 0.488. The molecule has 3 aromatic carbocycles. The number of carboxylic acids is 1. The van der Waals surface area contributed by atoms with Crippen LogP contribution in [0, 0.1) is 0 Å². The molecule has 182 valence electrons. The van der Waals surface area contributed by atoms with E-state index in [-0.39, 0.29) is 29.6 Å². The van der Waals surface area contributed by atoms with Gasteiger partial charge < -0.3 is 9.84 Å². The molecule has 0 radical (unpaired) electrons. The number of hydrogen-bond acceptors (Lipinski definition) is 4. The number of anilines is 1. The van der Waals surface area contributed by atoms with Crippen LogP contribution in [-0.2, 0) is 9.59 Å². The minimum atomic E-state index is -1.07. The van der Waals surface area contributed by atoms with Crippen molar-refractivity contribution in [3.05, 3.63) is 107 Å². The fourth-order valence-electron chi connectivity index (χ4n) is 5.40. The van der Waals surface area contributed by atoms with E-state index in [0.29, 0.717) is 42.2 Å². The topological polar surface area (TPSA) is 83.9 Å². The molecule has 1 aliphatic carbocycles. The summed E-state index contributed by atoms with van der Waals surface area (Å²) in [6.07, 6.45) is 0.955. The minimum Gasteiger partial charge on any atom is -0.494 e. The van der Waals surface area contributed by atoms with Crippen LogP contribution in [0.25, 0.3) is 0 Å². The molecule has 0 saturated heterocycles. The van der Waals surface area contributed by atoms with E-state index in [1.54, 1.807) is 17.0 Å². The number of carbonyl (C=O) groups excluding carboxylic acids is 2. The summed E-state index contributed by atoms with van der Waals surface area (Å²) < 4.78 is 5.86. The summed E-state index contributed by atoms with van der Waals surface area (Å²) >= 11 is 0. The van der Waals surface area contributed by atoms with Gasteiger partial charge in [-0.15, -0.1) is 0 Å². The van der Waals surface area contributed by atoms with Gasteiger partial charge in [-0.25, -0.2) is 4.79 Å². The van der Waals surface area contributed by atoms with Crippen molar-refractivity contribution in [2.24, 2.45) is 0 Å². The normalized spacial score (nSPS) is 19.8. The van der Waals surface area contributed by atoms with Gasteiger partial charge in [0, 0.05) is 41.3 Å². The zero-order valence-corrected chi connectivity index (χ0v) is 20.0. The van der Waals surface area contributed by atoms with Gasteiger partial charge in [-0.1, -0.05) is 54.6 Å². The summed E-state index contributed by atoms with van der Waals surface area (Å²) in [7, 11) is 0. The highest BCUT2D eigenvalue weighted by molar-refractivity contribution is 6.08. The lowest BCUT2D eigenvalue weighted by molar-refractivity contribution is -0.120. The van der Waals surface area contributed by atoms with Crippen molar-refractivity contribution in [3.63, 3.8) is 0 Å². The molecule has 2 atom stereocenters. The minimum absolute atomic E-state index is 0.00768. The van der Waals surface area contributed by atoms with Crippen LogP contribution in [0.5, 0.6) is 5.75 Å². The number of Topliss-reactive ketones (excluding diaryl/α,β-unsaturated/α-hetero) is 1. The first-order valence-corrected chi connectivity index (χ1v) is 12.2. The van der Waals surface area contributed by atoms with Crippen LogP contribution < -0.4 is 9.64 Å². The Balaban J connectivity index is 1.68. The second-order valence-corrected chi connectivity index (χ2v) is 9.11. The molecule has 0 bridgehead atoms. The zero-order valence-electron chi connectivity index (χ0n) is 20.0. The first-order chi connectivity index (χ1) is 17.5. The number of hydrogen-bond donors (Lipinski definition) is 1. The van der Waals surface area contributed by atoms with Crippen LogP contribution in [0.4, 0.5) is 5.69 Å². The highest BCUT2D eigenvalue weighted by atomic mass is 16.5. The average Bonchev–Trinajstić information content (AvgIpc) is 2.89. The third-order valence-corrected chi connectivity index (χ3v) is 6.95. The maximum atomic E-state index is 13.8. The number of benzene rings is 3. The Morgan fingerprint density at radius 2 is 1.69 bits per heavy atom. The fourth-order valence-corrected chi connectivity index (χ4v) is 5.40. The summed E-state index contributed by atoms with van der Waals surface area (Å²) in [4.78, 5) is 40.7. The molecule has 3 aromatic rings. The molecule has 2 unspecified atom stereocenters. The number of carbonyl (C=O) groups is 3. The van der Waals surface area contributed by atoms with Crippen LogP contribution >= 0.6 is 0 Å². The molecule has 0 saturated carbocycles. The maximum Gasteiger partial charge on any atom is 0.335 e. The first-order valence-electron chi connectivity index (χ1n) is 12.2. The van der Waals surface area contributed by atoms with Crippen molar-refractivity contribution in [1.82, 2.24) is 0 Å². The lowest BCUT2D eigenvalue weighted by Gasteiger charge is -2.40. The molecule has 1 aliphatic heterocycles. The van der Waals surface area contributed by atoms with Crippen molar-refractivity contribution < 1.29 is 24.2 Å². The number of ether oxygens (including phenoxy) is 1. The van der Waals surface area contributed by atoms with E-state index in [1.807, 2.05) is 61.5 Å². The second kappa shape index (κ2) is 9.82. The van der Waals surface area contributed by atoms with Gasteiger partial charge in [0.05, 0.1) is 12.2 Å². The van der Waals surface area contributed by atoms with Crippen LogP contribution in [-0.4, -0.2) is 29.4 Å². The van der Waals surface area contributed by atoms with E-state index < -0.39 is 11.9 Å². The summed E-state index contributed by atoms with van der Waals surface area (Å²) in [5, 5.41) is 9.53. The highest BCUT2D eigenvalue weighted by Gasteiger charge is 2.43. The van der Waals surface area contributed by atoms with E-state index in [9.17, 15) is 19.5 Å². The van der Waals surface area contributed by atoms with E-state index >= 15 is 0 Å². The summed E-state index contributed by atoms with van der Waals surface area (Å²) in [5.41, 5.74) is 3.69. The number of nitrogens with zero attached hydrogens (tertiary/aromatic N) is 1. The Morgan fingerprint density at radius 1 is 0.944 bits per heavy atom. The maximum absolute atomic E-state index is 13.8. The average molecular weight is 482 g/mol. The number of amides is 1. The highest BCUT2D eigenvalue weighted by Crippen LogP contribution is 2.48. The van der Waals surface area contributed by atoms with Crippen molar-refractivity contribution in [2.45, 2.75) is 38.0 Å². The Kier molecular flexibility index (Phi) is 6.42. The molecule has 0 fully saturated rings. The van der Waals surface area contributed by atoms with Gasteiger partial charge in [0.25, 0.3) is 0 Å². The van der Waals surface area contributed by atoms with Gasteiger partial charge in [-0.3, -0.25) is 14.5 Å². The number of carboxylic acid groups (broad SMARTS) is 1. The van der Waals surface area contributed by atoms with Crippen molar-refractivity contribution in [2.75, 3.05) is 11.5 Å². The number of rotatable bonds is 6. The molecule has 0 aromatic heterocycles. The molecule has 1 N–H and O–H groups in total. The molecule has 2 aliphatic rings. The standard InChI is InChI=1S/C30H27NO5/c1-2-36-27-14-7-6-13-23(27)24-18-28(33)31(22-12-8-11-20(15-22)30(34)35)25-16-21(17-26(32)29(24)25)19-9-4-3-5-10-19/h3-15,21,24H,2,16-18H2,1H3,(H,34,35). The monoisotopic (exact) mass is 481 g/mol. The van der Waals surface area contributed by atoms with Gasteiger partial charge >= 0.3 is 5.97 Å². The molecule has 6 nitrogen and oxygen atoms in total. The lowest BCUT2D eigenvalue weighted by Crippen LogP contribution is -2.42. The second-order valence-electron chi connectivity index (χ2n) is 9.11. The lowest BCUT2D eigenvalue weighted by atomic mass is 9.72. The van der Waals surface area contributed by atoms with Gasteiger partial charge in [0.2, 0.25) is 5.91 Å². The van der Waals surface area contributed by atoms with Crippen LogP contribution in [0.2, 0.25) is 0 Å². The predicted octanol–water partition coefficient (Wildman–Crippen LogP) is 5.70. The smallest absolute Gasteiger partial charge is 0.335 e. The largest absolute Gasteiger partial charge is 0.494 e. The molecule has 0 spiro atoms. The molecule has 1 heterocycles. The van der Waals surface area contributed by atoms with Gasteiger partial charge in [-0.05, 0) is 49.1 Å². The van der Waals surface area contributed by atoms with Crippen molar-refractivity contribution >= 4 is 23.3 Å². The SMILES string of the molecule is CCOc1ccccc1C1CC(=O)N(c2cccc(C(=O)O)c2)C2=C1C(=O)CC(c1ccccc1)C2. The number of para-hydroxylation sites is 1. The Labute approximate surface area is 209 Å². The van der Waals surface area contributed by atoms with Crippen LogP contribution in [0.3, 0.4) is 0 Å². The molecular formula is C30H27NO5. The summed E-state index contributed by atoms with van der Waals surface area (Å²) in [5.74, 6) is -1.05. The van der Waals surface area contributed by atoms with Gasteiger partial charge in [0.1, 0.15) is 5.75 Å². The number of aromatic carboxylic acids is 1. The number of allylic oxidation sites excluding steroid dienone is 2. The van der Waals surface area contributed by atoms with Gasteiger partial charge in [-0.2, -0.15) is 0 Å². The van der Waals surface area contributed by atoms with E-state index in [2.05, 4.69) is 0 Å². The van der Waals surface area contributed by atoms with Crippen LogP contribution in [0.15, 0.2) is 90.1 Å². The third kappa shape index (κ3) is 4.31. The zero-order chi connectivity index (χ0) is 25.2. The third-order valence-electron chi connectivity index (χ3n) is 6.95. The summed E-state index contributed by atoms with van der Waals surface area (Å²) in [6, 6.07) is 23.8. The van der Waals surface area contributed by atoms with Crippen molar-refractivity contribution in [1.29, 1.82) is 0 Å². The van der Waals surface area contributed by atoms with Crippen molar-refractivity contribution in [3.8, 4) is 5.75 Å².